The number of benzene rings is 2. The molecule has 0 atom stereocenters. The highest BCUT2D eigenvalue weighted by atomic mass is 16.6. The van der Waals surface area contributed by atoms with Crippen molar-refractivity contribution in [3.8, 4) is 5.75 Å². The van der Waals surface area contributed by atoms with Crippen LogP contribution in [0.15, 0.2) is 42.5 Å². The van der Waals surface area contributed by atoms with E-state index < -0.39 is 10.8 Å². The van der Waals surface area contributed by atoms with Crippen LogP contribution in [-0.4, -0.2) is 17.4 Å². The topological polar surface area (TPSA) is 81.5 Å². The molecule has 26 heavy (non-hydrogen) atoms. The van der Waals surface area contributed by atoms with Gasteiger partial charge < -0.3 is 10.1 Å². The number of para-hydroxylation sites is 1. The minimum Gasteiger partial charge on any atom is -0.493 e. The molecular weight excluding hydrogens is 332 g/mol. The van der Waals surface area contributed by atoms with Crippen molar-refractivity contribution in [3.05, 3.63) is 63.7 Å². The molecule has 0 bridgehead atoms. The number of anilines is 1. The van der Waals surface area contributed by atoms with E-state index in [9.17, 15) is 14.9 Å². The Kier molecular flexibility index (Phi) is 7.14. The molecule has 1 amide bonds. The van der Waals surface area contributed by atoms with Crippen LogP contribution in [0.25, 0.3) is 0 Å². The van der Waals surface area contributed by atoms with Gasteiger partial charge in [-0.25, -0.2) is 0 Å². The zero-order chi connectivity index (χ0) is 18.9. The number of nitrogens with one attached hydrogen (secondary N) is 1. The molecule has 0 aliphatic heterocycles. The highest BCUT2D eigenvalue weighted by Crippen LogP contribution is 2.27. The van der Waals surface area contributed by atoms with Crippen LogP contribution in [0.4, 0.5) is 11.4 Å². The van der Waals surface area contributed by atoms with Gasteiger partial charge in [-0.05, 0) is 37.1 Å². The van der Waals surface area contributed by atoms with Gasteiger partial charge in [0.05, 0.1) is 17.1 Å². The van der Waals surface area contributed by atoms with Gasteiger partial charge in [0.1, 0.15) is 11.4 Å². The summed E-state index contributed by atoms with van der Waals surface area (Å²) in [5, 5.41) is 13.8. The Morgan fingerprint density at radius 1 is 1.15 bits per heavy atom. The number of ether oxygens (including phenoxy) is 1. The summed E-state index contributed by atoms with van der Waals surface area (Å²) in [6.45, 7) is 4.44. The predicted octanol–water partition coefficient (Wildman–Crippen LogP) is 5.11. The van der Waals surface area contributed by atoms with Crippen LogP contribution in [0.3, 0.4) is 0 Å². The average molecular weight is 356 g/mol. The van der Waals surface area contributed by atoms with Gasteiger partial charge >= 0.3 is 0 Å². The second-order valence-corrected chi connectivity index (χ2v) is 6.14. The molecule has 2 rings (SSSR count). The highest BCUT2D eigenvalue weighted by molar-refractivity contribution is 6.07. The zero-order valence-electron chi connectivity index (χ0n) is 15.2. The lowest BCUT2D eigenvalue weighted by Crippen LogP contribution is -2.15. The lowest BCUT2D eigenvalue weighted by molar-refractivity contribution is -0.384. The third-order valence-electron chi connectivity index (χ3n) is 3.99. The fourth-order valence-electron chi connectivity index (χ4n) is 2.58. The third-order valence-corrected chi connectivity index (χ3v) is 3.99. The Bertz CT molecular complexity index is 774. The van der Waals surface area contributed by atoms with Gasteiger partial charge in [0.15, 0.2) is 0 Å². The maximum Gasteiger partial charge on any atom is 0.293 e. The summed E-state index contributed by atoms with van der Waals surface area (Å²) in [5.74, 6) is 0.0531. The van der Waals surface area contributed by atoms with Gasteiger partial charge in [-0.1, -0.05) is 44.4 Å². The predicted molar refractivity (Wildman–Crippen MR) is 102 cm³/mol. The standard InChI is InChI=1S/C20H24N2O4/c1-3-4-5-8-13-26-19-10-7-6-9-16(19)20(23)21-17-12-11-15(2)14-18(17)22(24)25/h6-7,9-12,14H,3-5,8,13H2,1-2H3,(H,21,23). The van der Waals surface area contributed by atoms with Crippen LogP contribution in [0.1, 0.15) is 48.5 Å². The number of aryl methyl sites for hydroxylation is 1. The summed E-state index contributed by atoms with van der Waals surface area (Å²) in [4.78, 5) is 23.3. The lowest BCUT2D eigenvalue weighted by Gasteiger charge is -2.12. The average Bonchev–Trinajstić information content (AvgIpc) is 2.63. The van der Waals surface area contributed by atoms with Crippen molar-refractivity contribution >= 4 is 17.3 Å². The van der Waals surface area contributed by atoms with Crippen molar-refractivity contribution in [3.63, 3.8) is 0 Å². The first-order valence-electron chi connectivity index (χ1n) is 8.81. The molecule has 6 nitrogen and oxygen atoms in total. The van der Waals surface area contributed by atoms with Gasteiger partial charge in [-0.3, -0.25) is 14.9 Å². The highest BCUT2D eigenvalue weighted by Gasteiger charge is 2.18. The molecule has 0 saturated carbocycles. The van der Waals surface area contributed by atoms with Gasteiger partial charge in [-0.2, -0.15) is 0 Å². The fourth-order valence-corrected chi connectivity index (χ4v) is 2.58. The number of unbranched alkanes of at least 4 members (excludes halogenated alkanes) is 3. The number of hydrogen-bond acceptors (Lipinski definition) is 4. The summed E-state index contributed by atoms with van der Waals surface area (Å²) in [7, 11) is 0. The quantitative estimate of drug-likeness (QED) is 0.384. The first-order chi connectivity index (χ1) is 12.5. The van der Waals surface area contributed by atoms with E-state index in [-0.39, 0.29) is 11.4 Å². The van der Waals surface area contributed by atoms with E-state index in [0.717, 1.165) is 31.2 Å². The van der Waals surface area contributed by atoms with Gasteiger partial charge in [-0.15, -0.1) is 0 Å². The Hall–Kier alpha value is -2.89. The number of nitrogens with zero attached hydrogens (tertiary/aromatic N) is 1. The monoisotopic (exact) mass is 356 g/mol. The number of carbonyl (C=O) groups excluding carboxylic acids is 1. The number of rotatable bonds is 9. The minimum absolute atomic E-state index is 0.128. The molecule has 2 aromatic rings. The van der Waals surface area contributed by atoms with E-state index in [2.05, 4.69) is 12.2 Å². The summed E-state index contributed by atoms with van der Waals surface area (Å²) in [5.41, 5.74) is 1.16. The molecule has 0 radical (unpaired) electrons. The van der Waals surface area contributed by atoms with E-state index in [1.165, 1.54) is 6.07 Å². The van der Waals surface area contributed by atoms with Gasteiger partial charge in [0, 0.05) is 6.07 Å². The first kappa shape index (κ1) is 19.4. The molecular formula is C20H24N2O4. The summed E-state index contributed by atoms with van der Waals surface area (Å²) >= 11 is 0. The zero-order valence-corrected chi connectivity index (χ0v) is 15.2. The van der Waals surface area contributed by atoms with Crippen molar-refractivity contribution in [2.45, 2.75) is 39.5 Å². The van der Waals surface area contributed by atoms with E-state index in [4.69, 9.17) is 4.74 Å². The van der Waals surface area contributed by atoms with Crippen LogP contribution >= 0.6 is 0 Å². The number of hydrogen-bond donors (Lipinski definition) is 1. The Labute approximate surface area is 153 Å². The van der Waals surface area contributed by atoms with Crippen molar-refractivity contribution in [2.24, 2.45) is 0 Å². The van der Waals surface area contributed by atoms with E-state index in [0.29, 0.717) is 17.9 Å². The number of amides is 1. The first-order valence-corrected chi connectivity index (χ1v) is 8.81. The lowest BCUT2D eigenvalue weighted by atomic mass is 10.1. The second kappa shape index (κ2) is 9.56. The molecule has 0 fully saturated rings. The van der Waals surface area contributed by atoms with Crippen molar-refractivity contribution in [1.82, 2.24) is 0 Å². The molecule has 0 unspecified atom stereocenters. The molecule has 0 aliphatic carbocycles. The van der Waals surface area contributed by atoms with Crippen LogP contribution in [0.5, 0.6) is 5.75 Å². The molecule has 1 N–H and O–H groups in total. The summed E-state index contributed by atoms with van der Waals surface area (Å²) in [6, 6.07) is 11.6. The van der Waals surface area contributed by atoms with Crippen LogP contribution in [-0.2, 0) is 0 Å². The largest absolute Gasteiger partial charge is 0.493 e. The third kappa shape index (κ3) is 5.31. The van der Waals surface area contributed by atoms with E-state index >= 15 is 0 Å². The number of carbonyl (C=O) groups is 1. The molecule has 2 aromatic carbocycles. The summed E-state index contributed by atoms with van der Waals surface area (Å²) in [6.07, 6.45) is 4.31. The fraction of sp³-hybridized carbons (Fsp3) is 0.350. The summed E-state index contributed by atoms with van der Waals surface area (Å²) < 4.78 is 5.74. The van der Waals surface area contributed by atoms with Crippen molar-refractivity contribution in [1.29, 1.82) is 0 Å². The molecule has 138 valence electrons. The minimum atomic E-state index is -0.501. The Balaban J connectivity index is 2.12. The van der Waals surface area contributed by atoms with E-state index in [1.54, 1.807) is 43.3 Å². The smallest absolute Gasteiger partial charge is 0.293 e. The van der Waals surface area contributed by atoms with Crippen molar-refractivity contribution in [2.75, 3.05) is 11.9 Å². The number of nitro benzene ring substituents is 1. The molecule has 0 heterocycles. The maximum atomic E-state index is 12.6. The molecule has 0 saturated heterocycles. The Morgan fingerprint density at radius 2 is 1.92 bits per heavy atom. The Morgan fingerprint density at radius 3 is 2.65 bits per heavy atom. The molecule has 6 heteroatoms. The second-order valence-electron chi connectivity index (χ2n) is 6.14. The van der Waals surface area contributed by atoms with Gasteiger partial charge in [0.2, 0.25) is 0 Å². The van der Waals surface area contributed by atoms with Gasteiger partial charge in [0.25, 0.3) is 11.6 Å². The molecule has 0 aliphatic rings. The normalized spacial score (nSPS) is 10.4. The van der Waals surface area contributed by atoms with Crippen LogP contribution in [0, 0.1) is 17.0 Å². The van der Waals surface area contributed by atoms with E-state index in [1.807, 2.05) is 0 Å². The molecule has 0 spiro atoms. The number of nitro groups is 1. The van der Waals surface area contributed by atoms with Crippen LogP contribution < -0.4 is 10.1 Å². The SMILES string of the molecule is CCCCCCOc1ccccc1C(=O)Nc1ccc(C)cc1[N+](=O)[O-]. The molecule has 0 aromatic heterocycles. The maximum absolute atomic E-state index is 12.6. The van der Waals surface area contributed by atoms with Crippen molar-refractivity contribution < 1.29 is 14.5 Å². The van der Waals surface area contributed by atoms with Crippen LogP contribution in [0.2, 0.25) is 0 Å².